The first kappa shape index (κ1) is 7.79. The van der Waals surface area contributed by atoms with Crippen LogP contribution in [0.25, 0.3) is 0 Å². The monoisotopic (exact) mass is 240 g/mol. The molecule has 0 aromatic carbocycles. The minimum atomic E-state index is 0.565. The molecule has 2 unspecified atom stereocenters. The second-order valence-electron chi connectivity index (χ2n) is 2.52. The first-order valence-corrected chi connectivity index (χ1v) is 5.10. The quantitative estimate of drug-likeness (QED) is 0.532. The molecule has 54 valence electrons. The molecule has 0 bridgehead atoms. The van der Waals surface area contributed by atoms with Gasteiger partial charge in [0.1, 0.15) is 0 Å². The fourth-order valence-corrected chi connectivity index (χ4v) is 1.84. The SMILES string of the molecule is CCC1CCC(CI)O1. The highest BCUT2D eigenvalue weighted by atomic mass is 127. The summed E-state index contributed by atoms with van der Waals surface area (Å²) >= 11 is 2.39. The Labute approximate surface area is 70.3 Å². The van der Waals surface area contributed by atoms with Crippen molar-refractivity contribution in [2.75, 3.05) is 4.43 Å². The van der Waals surface area contributed by atoms with Gasteiger partial charge in [-0.15, -0.1) is 0 Å². The third-order valence-corrected chi connectivity index (χ3v) is 2.81. The van der Waals surface area contributed by atoms with E-state index in [1.54, 1.807) is 0 Å². The molecule has 0 aromatic rings. The van der Waals surface area contributed by atoms with E-state index >= 15 is 0 Å². The summed E-state index contributed by atoms with van der Waals surface area (Å²) in [5.41, 5.74) is 0. The second kappa shape index (κ2) is 3.76. The van der Waals surface area contributed by atoms with Gasteiger partial charge in [-0.1, -0.05) is 29.5 Å². The van der Waals surface area contributed by atoms with Crippen molar-refractivity contribution in [1.82, 2.24) is 0 Å². The zero-order chi connectivity index (χ0) is 6.69. The minimum Gasteiger partial charge on any atom is -0.374 e. The summed E-state index contributed by atoms with van der Waals surface area (Å²) in [6.07, 6.45) is 4.89. The maximum atomic E-state index is 5.65. The van der Waals surface area contributed by atoms with E-state index in [9.17, 15) is 0 Å². The Morgan fingerprint density at radius 2 is 2.11 bits per heavy atom. The van der Waals surface area contributed by atoms with Gasteiger partial charge < -0.3 is 4.74 Å². The molecule has 0 spiro atoms. The van der Waals surface area contributed by atoms with E-state index in [4.69, 9.17) is 4.74 Å². The molecule has 1 fully saturated rings. The largest absolute Gasteiger partial charge is 0.374 e. The van der Waals surface area contributed by atoms with Crippen LogP contribution >= 0.6 is 22.6 Å². The van der Waals surface area contributed by atoms with E-state index in [1.807, 2.05) is 0 Å². The highest BCUT2D eigenvalue weighted by Crippen LogP contribution is 2.22. The van der Waals surface area contributed by atoms with E-state index in [-0.39, 0.29) is 0 Å². The highest BCUT2D eigenvalue weighted by molar-refractivity contribution is 14.1. The maximum Gasteiger partial charge on any atom is 0.0669 e. The van der Waals surface area contributed by atoms with Crippen molar-refractivity contribution in [1.29, 1.82) is 0 Å². The molecule has 2 atom stereocenters. The Morgan fingerprint density at radius 3 is 2.44 bits per heavy atom. The van der Waals surface area contributed by atoms with Crippen molar-refractivity contribution in [2.45, 2.75) is 38.4 Å². The van der Waals surface area contributed by atoms with Crippen molar-refractivity contribution in [3.8, 4) is 0 Å². The van der Waals surface area contributed by atoms with Gasteiger partial charge in [0.15, 0.2) is 0 Å². The van der Waals surface area contributed by atoms with Gasteiger partial charge in [0.2, 0.25) is 0 Å². The van der Waals surface area contributed by atoms with Crippen LogP contribution in [0, 0.1) is 0 Å². The fraction of sp³-hybridized carbons (Fsp3) is 1.00. The smallest absolute Gasteiger partial charge is 0.0669 e. The molecule has 0 aliphatic carbocycles. The Morgan fingerprint density at radius 1 is 1.44 bits per heavy atom. The van der Waals surface area contributed by atoms with Gasteiger partial charge in [-0.05, 0) is 19.3 Å². The van der Waals surface area contributed by atoms with E-state index in [1.165, 1.54) is 19.3 Å². The van der Waals surface area contributed by atoms with Crippen molar-refractivity contribution < 1.29 is 4.74 Å². The number of hydrogen-bond acceptors (Lipinski definition) is 1. The zero-order valence-corrected chi connectivity index (χ0v) is 7.93. The lowest BCUT2D eigenvalue weighted by Gasteiger charge is -2.08. The molecule has 0 N–H and O–H groups in total. The lowest BCUT2D eigenvalue weighted by atomic mass is 10.2. The normalized spacial score (nSPS) is 35.3. The molecule has 9 heavy (non-hydrogen) atoms. The van der Waals surface area contributed by atoms with Crippen molar-refractivity contribution in [3.63, 3.8) is 0 Å². The van der Waals surface area contributed by atoms with Gasteiger partial charge in [0, 0.05) is 4.43 Å². The predicted molar refractivity (Wildman–Crippen MR) is 47.1 cm³/mol. The number of hydrogen-bond donors (Lipinski definition) is 0. The Hall–Kier alpha value is 0.690. The van der Waals surface area contributed by atoms with Crippen LogP contribution in [0.3, 0.4) is 0 Å². The molecular weight excluding hydrogens is 227 g/mol. The molecule has 1 saturated heterocycles. The van der Waals surface area contributed by atoms with E-state index < -0.39 is 0 Å². The number of halogens is 1. The molecule has 1 rings (SSSR count). The Balaban J connectivity index is 2.20. The molecule has 0 saturated carbocycles. The van der Waals surface area contributed by atoms with Crippen LogP contribution in [0.15, 0.2) is 0 Å². The van der Waals surface area contributed by atoms with Crippen molar-refractivity contribution >= 4 is 22.6 Å². The standard InChI is InChI=1S/C7H13IO/c1-2-6-3-4-7(5-8)9-6/h6-7H,2-5H2,1H3. The highest BCUT2D eigenvalue weighted by Gasteiger charge is 2.21. The van der Waals surface area contributed by atoms with Crippen LogP contribution < -0.4 is 0 Å². The lowest BCUT2D eigenvalue weighted by molar-refractivity contribution is 0.0580. The van der Waals surface area contributed by atoms with Crippen LogP contribution in [-0.2, 0) is 4.74 Å². The molecule has 2 heteroatoms. The Bertz CT molecular complexity index is 75.0. The zero-order valence-electron chi connectivity index (χ0n) is 5.77. The van der Waals surface area contributed by atoms with Crippen molar-refractivity contribution in [2.24, 2.45) is 0 Å². The molecule has 0 radical (unpaired) electrons. The molecule has 1 heterocycles. The first-order valence-electron chi connectivity index (χ1n) is 3.58. The number of ether oxygens (including phenoxy) is 1. The number of rotatable bonds is 2. The average Bonchev–Trinajstić information content (AvgIpc) is 2.34. The van der Waals surface area contributed by atoms with Crippen LogP contribution in [0.2, 0.25) is 0 Å². The van der Waals surface area contributed by atoms with Gasteiger partial charge in [-0.25, -0.2) is 0 Å². The summed E-state index contributed by atoms with van der Waals surface area (Å²) in [4.78, 5) is 0. The molecule has 0 aromatic heterocycles. The minimum absolute atomic E-state index is 0.565. The lowest BCUT2D eigenvalue weighted by Crippen LogP contribution is -2.10. The van der Waals surface area contributed by atoms with E-state index in [0.29, 0.717) is 12.2 Å². The second-order valence-corrected chi connectivity index (χ2v) is 3.40. The first-order chi connectivity index (χ1) is 4.36. The maximum absolute atomic E-state index is 5.65. The van der Waals surface area contributed by atoms with Gasteiger partial charge in [-0.3, -0.25) is 0 Å². The average molecular weight is 240 g/mol. The fourth-order valence-electron chi connectivity index (χ4n) is 1.19. The molecule has 0 amide bonds. The van der Waals surface area contributed by atoms with Crippen LogP contribution in [0.5, 0.6) is 0 Å². The van der Waals surface area contributed by atoms with Crippen molar-refractivity contribution in [3.05, 3.63) is 0 Å². The van der Waals surface area contributed by atoms with Crippen LogP contribution in [0.1, 0.15) is 26.2 Å². The summed E-state index contributed by atoms with van der Waals surface area (Å²) in [6, 6.07) is 0. The summed E-state index contributed by atoms with van der Waals surface area (Å²) in [5, 5.41) is 0. The summed E-state index contributed by atoms with van der Waals surface area (Å²) < 4.78 is 6.81. The van der Waals surface area contributed by atoms with E-state index in [0.717, 1.165) is 4.43 Å². The Kier molecular flexibility index (Phi) is 3.26. The van der Waals surface area contributed by atoms with Crippen LogP contribution in [0.4, 0.5) is 0 Å². The van der Waals surface area contributed by atoms with Crippen LogP contribution in [-0.4, -0.2) is 16.6 Å². The van der Waals surface area contributed by atoms with E-state index in [2.05, 4.69) is 29.5 Å². The molecule has 1 aliphatic rings. The summed E-state index contributed by atoms with van der Waals surface area (Å²) in [5.74, 6) is 0. The van der Waals surface area contributed by atoms with Gasteiger partial charge >= 0.3 is 0 Å². The van der Waals surface area contributed by atoms with Gasteiger partial charge in [0.05, 0.1) is 12.2 Å². The predicted octanol–water partition coefficient (Wildman–Crippen LogP) is 2.38. The third kappa shape index (κ3) is 2.08. The molecular formula is C7H13IO. The molecule has 1 nitrogen and oxygen atoms in total. The third-order valence-electron chi connectivity index (χ3n) is 1.82. The number of alkyl halides is 1. The summed E-state index contributed by atoms with van der Waals surface area (Å²) in [6.45, 7) is 2.19. The molecule has 1 aliphatic heterocycles. The topological polar surface area (TPSA) is 9.23 Å². The van der Waals surface area contributed by atoms with Gasteiger partial charge in [0.25, 0.3) is 0 Å². The summed E-state index contributed by atoms with van der Waals surface area (Å²) in [7, 11) is 0. The van der Waals surface area contributed by atoms with Gasteiger partial charge in [-0.2, -0.15) is 0 Å².